The molecule has 1 unspecified atom stereocenters. The van der Waals surface area contributed by atoms with E-state index >= 15 is 0 Å². The SMILES string of the molecule is CCC1Cc2cc(CN(CC)CC)ccc2CN1CC(F)(F)F. The maximum atomic E-state index is 12.8. The molecule has 2 nitrogen and oxygen atoms in total. The Labute approximate surface area is 137 Å². The summed E-state index contributed by atoms with van der Waals surface area (Å²) in [6.45, 7) is 8.76. The van der Waals surface area contributed by atoms with Crippen LogP contribution < -0.4 is 0 Å². The molecule has 0 N–H and O–H groups in total. The second kappa shape index (κ2) is 7.67. The van der Waals surface area contributed by atoms with Crippen molar-refractivity contribution in [2.45, 2.75) is 58.9 Å². The molecule has 1 aliphatic rings. The van der Waals surface area contributed by atoms with E-state index < -0.39 is 12.7 Å². The quantitative estimate of drug-likeness (QED) is 0.771. The number of alkyl halides is 3. The first-order chi connectivity index (χ1) is 10.9. The van der Waals surface area contributed by atoms with Crippen LogP contribution in [0.4, 0.5) is 13.2 Å². The van der Waals surface area contributed by atoms with Gasteiger partial charge < -0.3 is 0 Å². The Kier molecular flexibility index (Phi) is 6.09. The zero-order chi connectivity index (χ0) is 17.0. The van der Waals surface area contributed by atoms with Crippen molar-refractivity contribution in [3.8, 4) is 0 Å². The summed E-state index contributed by atoms with van der Waals surface area (Å²) in [5, 5.41) is 0. The topological polar surface area (TPSA) is 6.48 Å². The van der Waals surface area contributed by atoms with Gasteiger partial charge in [-0.25, -0.2) is 0 Å². The van der Waals surface area contributed by atoms with Crippen LogP contribution >= 0.6 is 0 Å². The summed E-state index contributed by atoms with van der Waals surface area (Å²) in [7, 11) is 0. The molecule has 0 saturated carbocycles. The maximum Gasteiger partial charge on any atom is 0.401 e. The molecule has 0 fully saturated rings. The first-order valence-electron chi connectivity index (χ1n) is 8.50. The van der Waals surface area contributed by atoms with Crippen LogP contribution in [0, 0.1) is 0 Å². The lowest BCUT2D eigenvalue weighted by atomic mass is 9.91. The number of fused-ring (bicyclic) bond motifs is 1. The van der Waals surface area contributed by atoms with E-state index in [0.29, 0.717) is 13.0 Å². The van der Waals surface area contributed by atoms with Crippen molar-refractivity contribution in [2.75, 3.05) is 19.6 Å². The maximum absolute atomic E-state index is 12.8. The highest BCUT2D eigenvalue weighted by atomic mass is 19.4. The third-order valence-corrected chi connectivity index (χ3v) is 4.77. The van der Waals surface area contributed by atoms with E-state index in [0.717, 1.165) is 31.6 Å². The normalized spacial score (nSPS) is 19.2. The Hall–Kier alpha value is -1.07. The van der Waals surface area contributed by atoms with Gasteiger partial charge in [-0.3, -0.25) is 9.80 Å². The fourth-order valence-electron chi connectivity index (χ4n) is 3.38. The molecular formula is C18H27F3N2. The molecule has 1 heterocycles. The fourth-order valence-corrected chi connectivity index (χ4v) is 3.38. The molecule has 0 amide bonds. The van der Waals surface area contributed by atoms with Gasteiger partial charge >= 0.3 is 6.18 Å². The highest BCUT2D eigenvalue weighted by Gasteiger charge is 2.35. The first kappa shape index (κ1) is 18.3. The van der Waals surface area contributed by atoms with Crippen LogP contribution in [0.1, 0.15) is 43.9 Å². The highest BCUT2D eigenvalue weighted by molar-refractivity contribution is 5.34. The summed E-state index contributed by atoms with van der Waals surface area (Å²) >= 11 is 0. The van der Waals surface area contributed by atoms with Gasteiger partial charge in [0.2, 0.25) is 0 Å². The largest absolute Gasteiger partial charge is 0.401 e. The lowest BCUT2D eigenvalue weighted by Gasteiger charge is -2.37. The predicted octanol–water partition coefficient (Wildman–Crippen LogP) is 4.23. The van der Waals surface area contributed by atoms with Crippen LogP contribution in [-0.4, -0.2) is 41.7 Å². The molecule has 0 radical (unpaired) electrons. The van der Waals surface area contributed by atoms with Crippen molar-refractivity contribution in [3.63, 3.8) is 0 Å². The molecule has 1 aromatic rings. The lowest BCUT2D eigenvalue weighted by Crippen LogP contribution is -2.45. The average Bonchev–Trinajstić information content (AvgIpc) is 2.50. The van der Waals surface area contributed by atoms with E-state index in [1.165, 1.54) is 11.1 Å². The molecule has 1 aliphatic heterocycles. The Morgan fingerprint density at radius 2 is 1.83 bits per heavy atom. The first-order valence-corrected chi connectivity index (χ1v) is 8.50. The Morgan fingerprint density at radius 1 is 1.13 bits per heavy atom. The van der Waals surface area contributed by atoms with E-state index in [1.54, 1.807) is 4.90 Å². The number of halogens is 3. The summed E-state index contributed by atoms with van der Waals surface area (Å²) in [6.07, 6.45) is -2.67. The second-order valence-corrected chi connectivity index (χ2v) is 6.35. The third-order valence-electron chi connectivity index (χ3n) is 4.77. The molecule has 0 saturated heterocycles. The van der Waals surface area contributed by atoms with Gasteiger partial charge in [0.05, 0.1) is 6.54 Å². The standard InChI is InChI=1S/C18H27F3N2/c1-4-17-10-16-9-14(11-22(5-2)6-3)7-8-15(16)12-23(17)13-18(19,20)21/h7-9,17H,4-6,10-13H2,1-3H3. The van der Waals surface area contributed by atoms with Crippen LogP contribution in [0.2, 0.25) is 0 Å². The molecule has 1 atom stereocenters. The molecule has 2 rings (SSSR count). The van der Waals surface area contributed by atoms with E-state index in [1.807, 2.05) is 13.0 Å². The lowest BCUT2D eigenvalue weighted by molar-refractivity contribution is -0.153. The van der Waals surface area contributed by atoms with Crippen molar-refractivity contribution in [2.24, 2.45) is 0 Å². The summed E-state index contributed by atoms with van der Waals surface area (Å²) in [5.41, 5.74) is 3.52. The van der Waals surface area contributed by atoms with Gasteiger partial charge in [0, 0.05) is 19.1 Å². The van der Waals surface area contributed by atoms with Gasteiger partial charge in [0.25, 0.3) is 0 Å². The number of benzene rings is 1. The van der Waals surface area contributed by atoms with Crippen LogP contribution in [0.15, 0.2) is 18.2 Å². The summed E-state index contributed by atoms with van der Waals surface area (Å²) in [5.74, 6) is 0. The van der Waals surface area contributed by atoms with E-state index in [-0.39, 0.29) is 6.04 Å². The van der Waals surface area contributed by atoms with Crippen LogP contribution in [0.25, 0.3) is 0 Å². The van der Waals surface area contributed by atoms with Crippen molar-refractivity contribution in [1.29, 1.82) is 0 Å². The van der Waals surface area contributed by atoms with Crippen molar-refractivity contribution >= 4 is 0 Å². The third kappa shape index (κ3) is 4.95. The zero-order valence-electron chi connectivity index (χ0n) is 14.3. The number of hydrogen-bond acceptors (Lipinski definition) is 2. The van der Waals surface area contributed by atoms with E-state index in [9.17, 15) is 13.2 Å². The Balaban J connectivity index is 2.15. The molecule has 130 valence electrons. The zero-order valence-corrected chi connectivity index (χ0v) is 14.3. The van der Waals surface area contributed by atoms with Gasteiger partial charge in [0.1, 0.15) is 0 Å². The Bertz CT molecular complexity index is 509. The molecule has 1 aromatic carbocycles. The minimum absolute atomic E-state index is 0.0205. The monoisotopic (exact) mass is 328 g/mol. The molecular weight excluding hydrogens is 301 g/mol. The molecule has 0 bridgehead atoms. The van der Waals surface area contributed by atoms with E-state index in [2.05, 4.69) is 30.9 Å². The van der Waals surface area contributed by atoms with Crippen molar-refractivity contribution in [3.05, 3.63) is 34.9 Å². The van der Waals surface area contributed by atoms with Gasteiger partial charge in [-0.1, -0.05) is 39.0 Å². The Morgan fingerprint density at radius 3 is 2.39 bits per heavy atom. The minimum atomic E-state index is -4.13. The summed E-state index contributed by atoms with van der Waals surface area (Å²) in [6, 6.07) is 6.26. The second-order valence-electron chi connectivity index (χ2n) is 6.35. The van der Waals surface area contributed by atoms with Gasteiger partial charge in [-0.2, -0.15) is 13.2 Å². The van der Waals surface area contributed by atoms with Crippen LogP contribution in [-0.2, 0) is 19.5 Å². The number of rotatable bonds is 6. The average molecular weight is 328 g/mol. The molecule has 0 spiro atoms. The number of nitrogens with zero attached hydrogens (tertiary/aromatic N) is 2. The summed E-state index contributed by atoms with van der Waals surface area (Å²) < 4.78 is 38.3. The van der Waals surface area contributed by atoms with E-state index in [4.69, 9.17) is 0 Å². The predicted molar refractivity (Wildman–Crippen MR) is 87.3 cm³/mol. The summed E-state index contributed by atoms with van der Waals surface area (Å²) in [4.78, 5) is 3.92. The van der Waals surface area contributed by atoms with Gasteiger partial charge in [0.15, 0.2) is 0 Å². The van der Waals surface area contributed by atoms with Gasteiger partial charge in [-0.05, 0) is 42.6 Å². The molecule has 23 heavy (non-hydrogen) atoms. The fraction of sp³-hybridized carbons (Fsp3) is 0.667. The van der Waals surface area contributed by atoms with Crippen LogP contribution in [0.3, 0.4) is 0 Å². The van der Waals surface area contributed by atoms with Crippen LogP contribution in [0.5, 0.6) is 0 Å². The smallest absolute Gasteiger partial charge is 0.300 e. The number of hydrogen-bond donors (Lipinski definition) is 0. The van der Waals surface area contributed by atoms with Crippen molar-refractivity contribution in [1.82, 2.24) is 9.80 Å². The van der Waals surface area contributed by atoms with Gasteiger partial charge in [-0.15, -0.1) is 0 Å². The molecule has 5 heteroatoms. The molecule has 0 aliphatic carbocycles. The van der Waals surface area contributed by atoms with Crippen molar-refractivity contribution < 1.29 is 13.2 Å². The minimum Gasteiger partial charge on any atom is -0.300 e. The highest BCUT2D eigenvalue weighted by Crippen LogP contribution is 2.29. The molecule has 0 aromatic heterocycles.